The summed E-state index contributed by atoms with van der Waals surface area (Å²) in [4.78, 5) is 29.0. The second-order valence-electron chi connectivity index (χ2n) is 10.6. The van der Waals surface area contributed by atoms with Crippen molar-refractivity contribution in [1.29, 1.82) is 0 Å². The highest BCUT2D eigenvalue weighted by atomic mass is 32.2. The van der Waals surface area contributed by atoms with E-state index in [0.29, 0.717) is 25.1 Å². The fourth-order valence-corrected chi connectivity index (χ4v) is 6.08. The molecule has 3 aromatic carbocycles. The van der Waals surface area contributed by atoms with Crippen LogP contribution in [0, 0.1) is 19.8 Å². The molecule has 3 rings (SSSR count). The molecule has 214 valence electrons. The molecule has 0 heterocycles. The molecule has 2 amide bonds. The van der Waals surface area contributed by atoms with Crippen molar-refractivity contribution in [3.8, 4) is 0 Å². The van der Waals surface area contributed by atoms with Crippen LogP contribution in [0.25, 0.3) is 0 Å². The molecule has 0 aliphatic carbocycles. The van der Waals surface area contributed by atoms with Crippen molar-refractivity contribution in [2.24, 2.45) is 5.92 Å². The lowest BCUT2D eigenvalue weighted by Gasteiger charge is -2.33. The SMILES string of the molecule is CC[C@@H](C(=O)NCC(C)C)N(CCc1ccccc1)C(=O)CN(c1cc(C)cc(C)c1)S(=O)(=O)c1ccccc1. The summed E-state index contributed by atoms with van der Waals surface area (Å²) < 4.78 is 29.0. The standard InChI is InChI=1S/C32H41N3O4S/c1-6-30(32(37)33-22-24(2)3)34(18-17-27-13-9-7-10-14-27)31(36)23-35(28-20-25(4)19-26(5)21-28)40(38,39)29-15-11-8-12-16-29/h7-16,19-21,24,30H,6,17-18,22-23H2,1-5H3,(H,33,37)/t30-/m0/s1. The summed E-state index contributed by atoms with van der Waals surface area (Å²) in [5.74, 6) is -0.409. The minimum Gasteiger partial charge on any atom is -0.354 e. The van der Waals surface area contributed by atoms with Gasteiger partial charge < -0.3 is 10.2 Å². The first-order valence-corrected chi connectivity index (χ1v) is 15.2. The van der Waals surface area contributed by atoms with Crippen molar-refractivity contribution in [1.82, 2.24) is 10.2 Å². The van der Waals surface area contributed by atoms with Crippen molar-refractivity contribution in [3.05, 3.63) is 95.6 Å². The maximum absolute atomic E-state index is 14.1. The molecule has 0 bridgehead atoms. The van der Waals surface area contributed by atoms with Crippen LogP contribution in [0.5, 0.6) is 0 Å². The van der Waals surface area contributed by atoms with E-state index in [1.165, 1.54) is 16.4 Å². The Bertz CT molecular complexity index is 1360. The zero-order chi connectivity index (χ0) is 29.3. The Labute approximate surface area is 239 Å². The molecular weight excluding hydrogens is 522 g/mol. The maximum Gasteiger partial charge on any atom is 0.264 e. The van der Waals surface area contributed by atoms with Crippen LogP contribution >= 0.6 is 0 Å². The minimum absolute atomic E-state index is 0.0968. The molecule has 0 unspecified atom stereocenters. The van der Waals surface area contributed by atoms with Crippen molar-refractivity contribution in [3.63, 3.8) is 0 Å². The van der Waals surface area contributed by atoms with Crippen molar-refractivity contribution < 1.29 is 18.0 Å². The Balaban J connectivity index is 2.01. The third-order valence-corrected chi connectivity index (χ3v) is 8.45. The summed E-state index contributed by atoms with van der Waals surface area (Å²) in [5, 5.41) is 2.96. The van der Waals surface area contributed by atoms with Crippen molar-refractivity contribution in [2.75, 3.05) is 23.9 Å². The molecule has 0 radical (unpaired) electrons. The highest BCUT2D eigenvalue weighted by molar-refractivity contribution is 7.92. The summed E-state index contributed by atoms with van der Waals surface area (Å²) in [6, 6.07) is 22.6. The van der Waals surface area contributed by atoms with E-state index >= 15 is 0 Å². The molecule has 0 aliphatic rings. The van der Waals surface area contributed by atoms with Crippen LogP contribution in [0.3, 0.4) is 0 Å². The Morgan fingerprint density at radius 3 is 2.00 bits per heavy atom. The highest BCUT2D eigenvalue weighted by Gasteiger charge is 2.33. The Morgan fingerprint density at radius 1 is 0.875 bits per heavy atom. The number of benzene rings is 3. The van der Waals surface area contributed by atoms with E-state index in [-0.39, 0.29) is 23.3 Å². The van der Waals surface area contributed by atoms with Crippen LogP contribution in [-0.4, -0.2) is 50.8 Å². The Kier molecular flexibility index (Phi) is 10.9. The van der Waals surface area contributed by atoms with E-state index in [9.17, 15) is 18.0 Å². The molecule has 7 nitrogen and oxygen atoms in total. The molecule has 0 fully saturated rings. The monoisotopic (exact) mass is 563 g/mol. The fraction of sp³-hybridized carbons (Fsp3) is 0.375. The molecule has 0 saturated heterocycles. The third-order valence-electron chi connectivity index (χ3n) is 6.66. The van der Waals surface area contributed by atoms with Crippen LogP contribution in [0.4, 0.5) is 5.69 Å². The number of nitrogens with one attached hydrogen (secondary N) is 1. The molecule has 1 atom stereocenters. The molecule has 8 heteroatoms. The first kappa shape index (κ1) is 30.9. The van der Waals surface area contributed by atoms with Gasteiger partial charge in [-0.25, -0.2) is 8.42 Å². The molecule has 0 aliphatic heterocycles. The molecular formula is C32H41N3O4S. The van der Waals surface area contributed by atoms with E-state index in [0.717, 1.165) is 16.7 Å². The van der Waals surface area contributed by atoms with Gasteiger partial charge in [0.1, 0.15) is 12.6 Å². The number of rotatable bonds is 13. The van der Waals surface area contributed by atoms with E-state index in [1.807, 2.05) is 71.0 Å². The van der Waals surface area contributed by atoms with E-state index in [2.05, 4.69) is 5.32 Å². The summed E-state index contributed by atoms with van der Waals surface area (Å²) in [7, 11) is -4.07. The number of carbonyl (C=O) groups excluding carboxylic acids is 2. The lowest BCUT2D eigenvalue weighted by atomic mass is 10.1. The van der Waals surface area contributed by atoms with Gasteiger partial charge in [-0.2, -0.15) is 0 Å². The van der Waals surface area contributed by atoms with Crippen molar-refractivity contribution >= 4 is 27.5 Å². The minimum atomic E-state index is -4.07. The number of nitrogens with zero attached hydrogens (tertiary/aromatic N) is 2. The predicted octanol–water partition coefficient (Wildman–Crippen LogP) is 5.12. The summed E-state index contributed by atoms with van der Waals surface area (Å²) in [6.45, 7) is 10.0. The number of sulfonamides is 1. The van der Waals surface area contributed by atoms with Gasteiger partial charge >= 0.3 is 0 Å². The predicted molar refractivity (Wildman–Crippen MR) is 161 cm³/mol. The lowest BCUT2D eigenvalue weighted by Crippen LogP contribution is -2.53. The summed E-state index contributed by atoms with van der Waals surface area (Å²) >= 11 is 0. The van der Waals surface area contributed by atoms with Gasteiger partial charge in [-0.3, -0.25) is 13.9 Å². The van der Waals surface area contributed by atoms with Gasteiger partial charge in [0.2, 0.25) is 11.8 Å². The highest BCUT2D eigenvalue weighted by Crippen LogP contribution is 2.26. The second kappa shape index (κ2) is 14.1. The first-order chi connectivity index (χ1) is 19.0. The zero-order valence-electron chi connectivity index (χ0n) is 24.1. The van der Waals surface area contributed by atoms with E-state index in [1.54, 1.807) is 35.2 Å². The van der Waals surface area contributed by atoms with Crippen LogP contribution in [-0.2, 0) is 26.0 Å². The zero-order valence-corrected chi connectivity index (χ0v) is 24.9. The van der Waals surface area contributed by atoms with Gasteiger partial charge in [0.15, 0.2) is 0 Å². The molecule has 3 aromatic rings. The number of aryl methyl sites for hydroxylation is 2. The molecule has 0 aromatic heterocycles. The van der Waals surface area contributed by atoms with Crippen LogP contribution in [0.15, 0.2) is 83.8 Å². The Morgan fingerprint density at radius 2 is 1.45 bits per heavy atom. The van der Waals surface area contributed by atoms with Gasteiger partial charge in [0.25, 0.3) is 10.0 Å². The third kappa shape index (κ3) is 8.18. The van der Waals surface area contributed by atoms with Gasteiger partial charge in [0, 0.05) is 13.1 Å². The van der Waals surface area contributed by atoms with Crippen LogP contribution < -0.4 is 9.62 Å². The maximum atomic E-state index is 14.1. The van der Waals surface area contributed by atoms with Gasteiger partial charge in [-0.05, 0) is 73.6 Å². The fourth-order valence-electron chi connectivity index (χ4n) is 4.66. The average molecular weight is 564 g/mol. The quantitative estimate of drug-likeness (QED) is 0.313. The summed E-state index contributed by atoms with van der Waals surface area (Å²) in [5.41, 5.74) is 3.21. The largest absolute Gasteiger partial charge is 0.354 e. The van der Waals surface area contributed by atoms with Crippen LogP contribution in [0.1, 0.15) is 43.9 Å². The number of carbonyl (C=O) groups is 2. The lowest BCUT2D eigenvalue weighted by molar-refractivity contribution is -0.139. The first-order valence-electron chi connectivity index (χ1n) is 13.8. The summed E-state index contributed by atoms with van der Waals surface area (Å²) in [6.07, 6.45) is 0.939. The Hall–Kier alpha value is -3.65. The van der Waals surface area contributed by atoms with Gasteiger partial charge in [-0.15, -0.1) is 0 Å². The van der Waals surface area contributed by atoms with E-state index < -0.39 is 28.5 Å². The topological polar surface area (TPSA) is 86.8 Å². The van der Waals surface area contributed by atoms with Gasteiger partial charge in [-0.1, -0.05) is 75.4 Å². The van der Waals surface area contributed by atoms with Crippen molar-refractivity contribution in [2.45, 2.75) is 58.4 Å². The number of amides is 2. The number of anilines is 1. The van der Waals surface area contributed by atoms with E-state index in [4.69, 9.17) is 0 Å². The molecule has 40 heavy (non-hydrogen) atoms. The second-order valence-corrected chi connectivity index (χ2v) is 12.4. The average Bonchev–Trinajstić information content (AvgIpc) is 2.92. The molecule has 1 N–H and O–H groups in total. The molecule has 0 saturated carbocycles. The molecule has 0 spiro atoms. The smallest absolute Gasteiger partial charge is 0.264 e. The van der Waals surface area contributed by atoms with Crippen LogP contribution in [0.2, 0.25) is 0 Å². The number of hydrogen-bond acceptors (Lipinski definition) is 4. The normalized spacial score (nSPS) is 12.2. The number of hydrogen-bond donors (Lipinski definition) is 1. The van der Waals surface area contributed by atoms with Gasteiger partial charge in [0.05, 0.1) is 10.6 Å².